The summed E-state index contributed by atoms with van der Waals surface area (Å²) >= 11 is 0. The first kappa shape index (κ1) is 10.3. The van der Waals surface area contributed by atoms with Crippen LogP contribution >= 0.6 is 0 Å². The van der Waals surface area contributed by atoms with Crippen molar-refractivity contribution >= 4 is 21.9 Å². The average molecular weight is 244 g/mol. The number of aromatic nitrogens is 1. The number of furan rings is 1. The van der Waals surface area contributed by atoms with E-state index < -0.39 is 0 Å². The van der Waals surface area contributed by atoms with Gasteiger partial charge in [0.25, 0.3) is 0 Å². The van der Waals surface area contributed by atoms with Crippen LogP contribution in [0, 0.1) is 6.07 Å². The molecule has 0 amide bonds. The molecule has 0 saturated heterocycles. The molecule has 0 saturated carbocycles. The predicted octanol–water partition coefficient (Wildman–Crippen LogP) is 4.45. The van der Waals surface area contributed by atoms with Crippen molar-refractivity contribution in [3.63, 3.8) is 0 Å². The lowest BCUT2D eigenvalue weighted by Crippen LogP contribution is -1.81. The van der Waals surface area contributed by atoms with Crippen LogP contribution < -0.4 is 0 Å². The first-order valence-corrected chi connectivity index (χ1v) is 6.17. The summed E-state index contributed by atoms with van der Waals surface area (Å²) in [6.07, 6.45) is 1.79. The molecule has 89 valence electrons. The number of nitrogens with zero attached hydrogens (tertiary/aromatic N) is 1. The largest absolute Gasteiger partial charge is 0.456 e. The minimum Gasteiger partial charge on any atom is -0.456 e. The molecule has 19 heavy (non-hydrogen) atoms. The molecule has 0 unspecified atom stereocenters. The normalized spacial score (nSPS) is 11.2. The van der Waals surface area contributed by atoms with Gasteiger partial charge >= 0.3 is 0 Å². The molecule has 2 heteroatoms. The van der Waals surface area contributed by atoms with Crippen molar-refractivity contribution in [1.29, 1.82) is 0 Å². The molecule has 4 aromatic rings. The highest BCUT2D eigenvalue weighted by Crippen LogP contribution is 2.30. The van der Waals surface area contributed by atoms with Gasteiger partial charge in [0.15, 0.2) is 0 Å². The first-order valence-electron chi connectivity index (χ1n) is 6.17. The Morgan fingerprint density at radius 2 is 1.74 bits per heavy atom. The van der Waals surface area contributed by atoms with Gasteiger partial charge < -0.3 is 4.42 Å². The van der Waals surface area contributed by atoms with Crippen LogP contribution in [-0.4, -0.2) is 4.98 Å². The van der Waals surface area contributed by atoms with Crippen LogP contribution in [0.25, 0.3) is 33.2 Å². The second-order valence-electron chi connectivity index (χ2n) is 4.42. The SMILES string of the molecule is [c]1c(-c2ccccn2)ccc2oc3ccccc3c12. The molecule has 4 rings (SSSR count). The number of hydrogen-bond acceptors (Lipinski definition) is 2. The zero-order chi connectivity index (χ0) is 12.7. The summed E-state index contributed by atoms with van der Waals surface area (Å²) < 4.78 is 5.79. The van der Waals surface area contributed by atoms with Crippen LogP contribution in [0.4, 0.5) is 0 Å². The van der Waals surface area contributed by atoms with Gasteiger partial charge in [0, 0.05) is 28.6 Å². The first-order chi connectivity index (χ1) is 9.42. The Bertz CT molecular complexity index is 862. The summed E-state index contributed by atoms with van der Waals surface area (Å²) in [5.41, 5.74) is 3.67. The summed E-state index contributed by atoms with van der Waals surface area (Å²) in [7, 11) is 0. The maximum Gasteiger partial charge on any atom is 0.136 e. The zero-order valence-electron chi connectivity index (χ0n) is 10.1. The van der Waals surface area contributed by atoms with Crippen molar-refractivity contribution in [1.82, 2.24) is 4.98 Å². The van der Waals surface area contributed by atoms with Crippen LogP contribution in [0.2, 0.25) is 0 Å². The van der Waals surface area contributed by atoms with Gasteiger partial charge in [0.05, 0.1) is 5.69 Å². The summed E-state index contributed by atoms with van der Waals surface area (Å²) in [6.45, 7) is 0. The number of fused-ring (bicyclic) bond motifs is 3. The third-order valence-corrected chi connectivity index (χ3v) is 3.22. The summed E-state index contributed by atoms with van der Waals surface area (Å²) in [4.78, 5) is 4.36. The molecular weight excluding hydrogens is 234 g/mol. The van der Waals surface area contributed by atoms with Gasteiger partial charge in [0.1, 0.15) is 11.2 Å². The van der Waals surface area contributed by atoms with E-state index in [0.717, 1.165) is 33.2 Å². The second-order valence-corrected chi connectivity index (χ2v) is 4.42. The third kappa shape index (κ3) is 1.61. The Hall–Kier alpha value is -2.61. The van der Waals surface area contributed by atoms with Gasteiger partial charge in [-0.15, -0.1) is 0 Å². The molecular formula is C17H10NO. The Kier molecular flexibility index (Phi) is 2.15. The van der Waals surface area contributed by atoms with E-state index in [2.05, 4.69) is 17.1 Å². The van der Waals surface area contributed by atoms with E-state index in [1.165, 1.54) is 0 Å². The van der Waals surface area contributed by atoms with Crippen LogP contribution in [-0.2, 0) is 0 Å². The molecule has 2 aromatic heterocycles. The second kappa shape index (κ2) is 3.95. The average Bonchev–Trinajstić information content (AvgIpc) is 2.86. The summed E-state index contributed by atoms with van der Waals surface area (Å²) in [6, 6.07) is 21.3. The van der Waals surface area contributed by atoms with Gasteiger partial charge in [-0.3, -0.25) is 4.98 Å². The topological polar surface area (TPSA) is 26.0 Å². The van der Waals surface area contributed by atoms with E-state index in [-0.39, 0.29) is 0 Å². The van der Waals surface area contributed by atoms with Gasteiger partial charge in [0.2, 0.25) is 0 Å². The third-order valence-electron chi connectivity index (χ3n) is 3.22. The van der Waals surface area contributed by atoms with Crippen molar-refractivity contribution in [2.45, 2.75) is 0 Å². The lowest BCUT2D eigenvalue weighted by atomic mass is 10.1. The fourth-order valence-corrected chi connectivity index (χ4v) is 2.32. The number of rotatable bonds is 1. The van der Waals surface area contributed by atoms with Crippen molar-refractivity contribution < 1.29 is 4.42 Å². The molecule has 0 fully saturated rings. The molecule has 0 aliphatic rings. The van der Waals surface area contributed by atoms with E-state index in [0.29, 0.717) is 0 Å². The highest BCUT2D eigenvalue weighted by Gasteiger charge is 2.08. The van der Waals surface area contributed by atoms with Crippen LogP contribution in [0.3, 0.4) is 0 Å². The lowest BCUT2D eigenvalue weighted by molar-refractivity contribution is 0.669. The number of benzene rings is 2. The van der Waals surface area contributed by atoms with E-state index in [1.807, 2.05) is 48.5 Å². The van der Waals surface area contributed by atoms with Gasteiger partial charge in [-0.25, -0.2) is 0 Å². The Morgan fingerprint density at radius 1 is 0.842 bits per heavy atom. The monoisotopic (exact) mass is 244 g/mol. The van der Waals surface area contributed by atoms with Crippen molar-refractivity contribution in [2.75, 3.05) is 0 Å². The van der Waals surface area contributed by atoms with Gasteiger partial charge in [-0.2, -0.15) is 0 Å². The predicted molar refractivity (Wildman–Crippen MR) is 75.8 cm³/mol. The zero-order valence-corrected chi connectivity index (χ0v) is 10.1. The number of hydrogen-bond donors (Lipinski definition) is 0. The molecule has 0 spiro atoms. The van der Waals surface area contributed by atoms with Crippen molar-refractivity contribution in [2.24, 2.45) is 0 Å². The Morgan fingerprint density at radius 3 is 2.63 bits per heavy atom. The highest BCUT2D eigenvalue weighted by atomic mass is 16.3. The fraction of sp³-hybridized carbons (Fsp3) is 0. The van der Waals surface area contributed by atoms with E-state index in [9.17, 15) is 0 Å². The molecule has 0 N–H and O–H groups in total. The smallest absolute Gasteiger partial charge is 0.136 e. The molecule has 0 aliphatic heterocycles. The number of para-hydroxylation sites is 1. The maximum atomic E-state index is 5.79. The lowest BCUT2D eigenvalue weighted by Gasteiger charge is -1.99. The summed E-state index contributed by atoms with van der Waals surface area (Å²) in [5.74, 6) is 0. The van der Waals surface area contributed by atoms with E-state index >= 15 is 0 Å². The standard InChI is InChI=1S/C17H10NO/c1-2-7-16-13(5-1)14-11-12(8-9-17(14)19-16)15-6-3-4-10-18-15/h1-10H. The quantitative estimate of drug-likeness (QED) is 0.494. The van der Waals surface area contributed by atoms with Gasteiger partial charge in [-0.1, -0.05) is 24.3 Å². The molecule has 2 aromatic carbocycles. The van der Waals surface area contributed by atoms with E-state index in [4.69, 9.17) is 4.42 Å². The van der Waals surface area contributed by atoms with Gasteiger partial charge in [-0.05, 0) is 30.3 Å². The number of pyridine rings is 1. The van der Waals surface area contributed by atoms with Crippen molar-refractivity contribution in [3.8, 4) is 11.3 Å². The molecule has 0 aliphatic carbocycles. The van der Waals surface area contributed by atoms with Crippen LogP contribution in [0.1, 0.15) is 0 Å². The Labute approximate surface area is 110 Å². The van der Waals surface area contributed by atoms with Crippen molar-refractivity contribution in [3.05, 3.63) is 66.9 Å². The van der Waals surface area contributed by atoms with Crippen LogP contribution in [0.5, 0.6) is 0 Å². The minimum atomic E-state index is 0.862. The van der Waals surface area contributed by atoms with E-state index in [1.54, 1.807) is 6.20 Å². The minimum absolute atomic E-state index is 0.862. The Balaban J connectivity index is 2.03. The molecule has 2 heterocycles. The molecule has 0 bridgehead atoms. The molecule has 0 atom stereocenters. The molecule has 1 radical (unpaired) electrons. The fourth-order valence-electron chi connectivity index (χ4n) is 2.32. The maximum absolute atomic E-state index is 5.79. The summed E-state index contributed by atoms with van der Waals surface area (Å²) in [5, 5.41) is 2.11. The highest BCUT2D eigenvalue weighted by molar-refractivity contribution is 6.05. The molecule has 2 nitrogen and oxygen atoms in total. The van der Waals surface area contributed by atoms with Crippen LogP contribution in [0.15, 0.2) is 65.2 Å².